The van der Waals surface area contributed by atoms with Crippen LogP contribution >= 0.6 is 0 Å². The first-order valence-electron chi connectivity index (χ1n) is 4.26. The number of pyridine rings is 1. The van der Waals surface area contributed by atoms with E-state index in [1.165, 1.54) is 19.2 Å². The van der Waals surface area contributed by atoms with Crippen molar-refractivity contribution in [3.05, 3.63) is 24.0 Å². The molecule has 0 aliphatic rings. The third kappa shape index (κ3) is 2.95. The van der Waals surface area contributed by atoms with E-state index in [9.17, 15) is 13.6 Å². The fraction of sp³-hybridized carbons (Fsp3) is 0.333. The highest BCUT2D eigenvalue weighted by Crippen LogP contribution is 2.22. The number of nitrogens with zero attached hydrogens (tertiary/aromatic N) is 1. The summed E-state index contributed by atoms with van der Waals surface area (Å²) in [5, 5.41) is 4.27. The molecule has 1 amide bonds. The lowest BCUT2D eigenvalue weighted by Crippen LogP contribution is -2.31. The number of hydrogen-bond acceptors (Lipinski definition) is 3. The van der Waals surface area contributed by atoms with E-state index in [0.29, 0.717) is 5.69 Å². The molecule has 2 N–H and O–H groups in total. The maximum Gasteiger partial charge on any atom is 0.345 e. The summed E-state index contributed by atoms with van der Waals surface area (Å²) in [6, 6.07) is -0.633. The first-order valence-corrected chi connectivity index (χ1v) is 4.26. The second kappa shape index (κ2) is 4.31. The largest absolute Gasteiger partial charge is 0.345 e. The predicted octanol–water partition coefficient (Wildman–Crippen LogP) is 1.31. The maximum atomic E-state index is 13.0. The first-order chi connectivity index (χ1) is 6.95. The number of carbonyl (C=O) groups is 1. The van der Waals surface area contributed by atoms with E-state index in [2.05, 4.69) is 10.3 Å². The Morgan fingerprint density at radius 2 is 2.13 bits per heavy atom. The van der Waals surface area contributed by atoms with E-state index in [-0.39, 0.29) is 11.6 Å². The zero-order valence-corrected chi connectivity index (χ0v) is 8.34. The molecule has 0 unspecified atom stereocenters. The minimum absolute atomic E-state index is 0.273. The van der Waals surface area contributed by atoms with Crippen LogP contribution in [0.25, 0.3) is 0 Å². The van der Waals surface area contributed by atoms with Crippen LogP contribution in [0.5, 0.6) is 0 Å². The molecule has 0 saturated heterocycles. The minimum Gasteiger partial charge on any atom is -0.325 e. The van der Waals surface area contributed by atoms with Gasteiger partial charge in [0.05, 0.1) is 11.9 Å². The van der Waals surface area contributed by atoms with Gasteiger partial charge in [0.2, 0.25) is 5.91 Å². The number of amides is 1. The average Bonchev–Trinajstić information content (AvgIpc) is 2.18. The second-order valence-corrected chi connectivity index (χ2v) is 2.94. The molecule has 0 aromatic carbocycles. The van der Waals surface area contributed by atoms with Gasteiger partial charge >= 0.3 is 6.05 Å². The number of hydrogen-bond donors (Lipinski definition) is 2. The van der Waals surface area contributed by atoms with Gasteiger partial charge in [-0.3, -0.25) is 15.1 Å². The van der Waals surface area contributed by atoms with Crippen LogP contribution in [-0.2, 0) is 10.8 Å². The van der Waals surface area contributed by atoms with Crippen LogP contribution < -0.4 is 10.6 Å². The smallest absolute Gasteiger partial charge is 0.325 e. The van der Waals surface area contributed by atoms with Crippen molar-refractivity contribution in [1.82, 2.24) is 10.3 Å². The molecule has 0 saturated carbocycles. The third-order valence-corrected chi connectivity index (χ3v) is 1.72. The van der Waals surface area contributed by atoms with Crippen LogP contribution in [-0.4, -0.2) is 17.9 Å². The number of rotatable bonds is 3. The monoisotopic (exact) mass is 215 g/mol. The summed E-state index contributed by atoms with van der Waals surface area (Å²) in [5.74, 6) is -0.273. The number of halogens is 2. The molecule has 0 aliphatic heterocycles. The highest BCUT2D eigenvalue weighted by atomic mass is 19.3. The number of alkyl halides is 2. The van der Waals surface area contributed by atoms with Gasteiger partial charge in [0.15, 0.2) is 0 Å². The predicted molar refractivity (Wildman–Crippen MR) is 51.5 cm³/mol. The average molecular weight is 215 g/mol. The van der Waals surface area contributed by atoms with Crippen LogP contribution in [0.4, 0.5) is 14.5 Å². The van der Waals surface area contributed by atoms with E-state index < -0.39 is 6.05 Å². The molecule has 0 spiro atoms. The van der Waals surface area contributed by atoms with Gasteiger partial charge in [-0.25, -0.2) is 0 Å². The molecule has 1 rings (SSSR count). The molecule has 4 nitrogen and oxygen atoms in total. The van der Waals surface area contributed by atoms with Gasteiger partial charge in [0, 0.05) is 6.92 Å². The summed E-state index contributed by atoms with van der Waals surface area (Å²) in [4.78, 5) is 14.2. The number of carbonyl (C=O) groups excluding carboxylic acids is 1. The molecule has 0 radical (unpaired) electrons. The third-order valence-electron chi connectivity index (χ3n) is 1.72. The second-order valence-electron chi connectivity index (χ2n) is 2.94. The van der Waals surface area contributed by atoms with E-state index in [0.717, 1.165) is 13.1 Å². The van der Waals surface area contributed by atoms with Gasteiger partial charge in [-0.15, -0.1) is 0 Å². The van der Waals surface area contributed by atoms with E-state index in [1.54, 1.807) is 0 Å². The van der Waals surface area contributed by atoms with Crippen molar-refractivity contribution in [3.63, 3.8) is 0 Å². The van der Waals surface area contributed by atoms with E-state index >= 15 is 0 Å². The Morgan fingerprint density at radius 1 is 1.47 bits per heavy atom. The Balaban J connectivity index is 2.85. The maximum absolute atomic E-state index is 13.0. The molecular formula is C9H11F2N3O. The lowest BCUT2D eigenvalue weighted by Gasteiger charge is -2.14. The first kappa shape index (κ1) is 11.5. The molecule has 0 bridgehead atoms. The van der Waals surface area contributed by atoms with Gasteiger partial charge < -0.3 is 5.32 Å². The standard InChI is InChI=1S/C9H11F2N3O/c1-6(15)14-7-3-4-8(13-5-7)9(10,11)12-2/h3-5,12H,1-2H3,(H,14,15). The van der Waals surface area contributed by atoms with Crippen molar-refractivity contribution in [2.75, 3.05) is 12.4 Å². The van der Waals surface area contributed by atoms with Gasteiger partial charge in [-0.05, 0) is 19.2 Å². The van der Waals surface area contributed by atoms with Crippen LogP contribution in [0.3, 0.4) is 0 Å². The number of nitrogens with one attached hydrogen (secondary N) is 2. The summed E-state index contributed by atoms with van der Waals surface area (Å²) in [5.41, 5.74) is -0.00254. The minimum atomic E-state index is -3.16. The van der Waals surface area contributed by atoms with E-state index in [1.807, 2.05) is 5.32 Å². The SMILES string of the molecule is CNC(F)(F)c1ccc(NC(C)=O)cn1. The fourth-order valence-electron chi connectivity index (χ4n) is 0.985. The molecule has 6 heteroatoms. The van der Waals surface area contributed by atoms with E-state index in [4.69, 9.17) is 0 Å². The van der Waals surface area contributed by atoms with Crippen LogP contribution in [0.1, 0.15) is 12.6 Å². The Morgan fingerprint density at radius 3 is 2.53 bits per heavy atom. The van der Waals surface area contributed by atoms with Gasteiger partial charge in [-0.2, -0.15) is 8.78 Å². The van der Waals surface area contributed by atoms with Gasteiger partial charge in [-0.1, -0.05) is 0 Å². The molecular weight excluding hydrogens is 204 g/mol. The molecule has 0 aliphatic carbocycles. The summed E-state index contributed by atoms with van der Waals surface area (Å²) in [6.07, 6.45) is 1.18. The molecule has 1 aromatic rings. The van der Waals surface area contributed by atoms with Crippen molar-refractivity contribution in [1.29, 1.82) is 0 Å². The summed E-state index contributed by atoms with van der Waals surface area (Å²) in [7, 11) is 1.14. The van der Waals surface area contributed by atoms with Crippen molar-refractivity contribution >= 4 is 11.6 Å². The summed E-state index contributed by atoms with van der Waals surface area (Å²) in [6.45, 7) is 1.33. The molecule has 1 heterocycles. The Bertz CT molecular complexity index is 351. The topological polar surface area (TPSA) is 54.0 Å². The number of aromatic nitrogens is 1. The summed E-state index contributed by atoms with van der Waals surface area (Å²) < 4.78 is 26.0. The molecule has 0 atom stereocenters. The number of anilines is 1. The van der Waals surface area contributed by atoms with Crippen molar-refractivity contribution < 1.29 is 13.6 Å². The quantitative estimate of drug-likeness (QED) is 0.747. The van der Waals surface area contributed by atoms with Gasteiger partial charge in [0.1, 0.15) is 5.69 Å². The zero-order chi connectivity index (χ0) is 11.5. The highest BCUT2D eigenvalue weighted by Gasteiger charge is 2.30. The van der Waals surface area contributed by atoms with Crippen molar-refractivity contribution in [3.8, 4) is 0 Å². The molecule has 82 valence electrons. The van der Waals surface area contributed by atoms with Crippen LogP contribution in [0.2, 0.25) is 0 Å². The normalized spacial score (nSPS) is 11.2. The fourth-order valence-corrected chi connectivity index (χ4v) is 0.985. The van der Waals surface area contributed by atoms with Crippen LogP contribution in [0.15, 0.2) is 18.3 Å². The summed E-state index contributed by atoms with van der Waals surface area (Å²) >= 11 is 0. The molecule has 1 aromatic heterocycles. The molecule has 0 fully saturated rings. The lowest BCUT2D eigenvalue weighted by molar-refractivity contribution is -0.114. The Hall–Kier alpha value is -1.56. The Labute approximate surface area is 85.7 Å². The highest BCUT2D eigenvalue weighted by molar-refractivity contribution is 5.88. The zero-order valence-electron chi connectivity index (χ0n) is 8.34. The molecule has 15 heavy (non-hydrogen) atoms. The van der Waals surface area contributed by atoms with Crippen molar-refractivity contribution in [2.24, 2.45) is 0 Å². The Kier molecular flexibility index (Phi) is 3.31. The lowest BCUT2D eigenvalue weighted by atomic mass is 10.3. The van der Waals surface area contributed by atoms with Crippen LogP contribution in [0, 0.1) is 0 Å². The van der Waals surface area contributed by atoms with Gasteiger partial charge in [0.25, 0.3) is 0 Å². The van der Waals surface area contributed by atoms with Crippen molar-refractivity contribution in [2.45, 2.75) is 13.0 Å².